The molecule has 3 aromatic carbocycles. The summed E-state index contributed by atoms with van der Waals surface area (Å²) in [6.07, 6.45) is 3.90. The fraction of sp³-hybridized carbons (Fsp3) is 0.394. The zero-order valence-corrected chi connectivity index (χ0v) is 26.3. The summed E-state index contributed by atoms with van der Waals surface area (Å²) in [5, 5.41) is 3.09. The van der Waals surface area contributed by atoms with Crippen molar-refractivity contribution in [1.82, 2.24) is 10.2 Å². The van der Waals surface area contributed by atoms with E-state index in [9.17, 15) is 18.0 Å². The second-order valence-electron chi connectivity index (χ2n) is 11.0. The lowest BCUT2D eigenvalue weighted by molar-refractivity contribution is -0.139. The number of hydrogen-bond acceptors (Lipinski definition) is 6. The van der Waals surface area contributed by atoms with Crippen LogP contribution in [0.4, 0.5) is 5.69 Å². The second kappa shape index (κ2) is 13.9. The molecule has 3 aromatic rings. The largest absolute Gasteiger partial charge is 0.497 e. The van der Waals surface area contributed by atoms with Gasteiger partial charge in [-0.2, -0.15) is 0 Å². The molecular weight excluding hydrogens is 566 g/mol. The summed E-state index contributed by atoms with van der Waals surface area (Å²) >= 11 is 0. The lowest BCUT2D eigenvalue weighted by Gasteiger charge is -2.33. The number of carbonyl (C=O) groups excluding carboxylic acids is 2. The number of hydrogen-bond donors (Lipinski definition) is 1. The Hall–Kier alpha value is -4.05. The summed E-state index contributed by atoms with van der Waals surface area (Å²) in [5.74, 6) is 0.113. The molecule has 0 bridgehead atoms. The number of nitrogens with zero attached hydrogens (tertiary/aromatic N) is 2. The van der Waals surface area contributed by atoms with E-state index in [1.807, 2.05) is 32.0 Å². The van der Waals surface area contributed by atoms with Crippen LogP contribution in [0.15, 0.2) is 71.6 Å². The van der Waals surface area contributed by atoms with Crippen molar-refractivity contribution in [3.05, 3.63) is 83.4 Å². The van der Waals surface area contributed by atoms with Crippen molar-refractivity contribution < 1.29 is 27.5 Å². The maximum absolute atomic E-state index is 14.3. The standard InChI is InChI=1S/C33H41N3O6S/c1-23-13-16-29(17-14-23)43(39,40)36(30-19-24(2)15-18-31(30)42-5)22-32(37)35(21-26-9-8-12-28(20-26)41-4)25(3)33(38)34-27-10-6-7-11-27/h8-9,12-20,25,27H,6-7,10-11,21-22H2,1-5H3,(H,34,38). The molecule has 43 heavy (non-hydrogen) atoms. The van der Waals surface area contributed by atoms with E-state index < -0.39 is 28.5 Å². The normalized spacial score (nSPS) is 14.2. The average molecular weight is 608 g/mol. The Morgan fingerprint density at radius 2 is 1.60 bits per heavy atom. The van der Waals surface area contributed by atoms with E-state index in [1.54, 1.807) is 50.4 Å². The van der Waals surface area contributed by atoms with Crippen LogP contribution in [0.25, 0.3) is 0 Å². The van der Waals surface area contributed by atoms with Gasteiger partial charge in [-0.15, -0.1) is 0 Å². The summed E-state index contributed by atoms with van der Waals surface area (Å²) in [7, 11) is -1.20. The van der Waals surface area contributed by atoms with Gasteiger partial charge in [0.2, 0.25) is 11.8 Å². The van der Waals surface area contributed by atoms with E-state index in [0.29, 0.717) is 11.5 Å². The van der Waals surface area contributed by atoms with Gasteiger partial charge in [0.25, 0.3) is 10.0 Å². The van der Waals surface area contributed by atoms with E-state index in [2.05, 4.69) is 5.32 Å². The van der Waals surface area contributed by atoms with Gasteiger partial charge in [0.15, 0.2) is 0 Å². The molecule has 1 fully saturated rings. The fourth-order valence-corrected chi connectivity index (χ4v) is 6.70. The molecule has 1 unspecified atom stereocenters. The number of nitrogens with one attached hydrogen (secondary N) is 1. The first-order chi connectivity index (χ1) is 20.5. The van der Waals surface area contributed by atoms with Crippen LogP contribution in [0, 0.1) is 13.8 Å². The average Bonchev–Trinajstić information content (AvgIpc) is 3.51. The van der Waals surface area contributed by atoms with Crippen LogP contribution in [0.5, 0.6) is 11.5 Å². The highest BCUT2D eigenvalue weighted by atomic mass is 32.2. The molecule has 230 valence electrons. The number of aryl methyl sites for hydroxylation is 2. The summed E-state index contributed by atoms with van der Waals surface area (Å²) in [6.45, 7) is 4.93. The van der Waals surface area contributed by atoms with Gasteiger partial charge in [-0.3, -0.25) is 13.9 Å². The molecule has 0 aliphatic heterocycles. The quantitative estimate of drug-likeness (QED) is 0.311. The number of methoxy groups -OCH3 is 2. The summed E-state index contributed by atoms with van der Waals surface area (Å²) in [5.41, 5.74) is 2.68. The first-order valence-corrected chi connectivity index (χ1v) is 15.9. The van der Waals surface area contributed by atoms with Crippen LogP contribution in [0.1, 0.15) is 49.3 Å². The maximum atomic E-state index is 14.3. The fourth-order valence-electron chi connectivity index (χ4n) is 5.29. The minimum absolute atomic E-state index is 0.0424. The van der Waals surface area contributed by atoms with Gasteiger partial charge in [0.05, 0.1) is 24.8 Å². The molecule has 10 heteroatoms. The predicted molar refractivity (Wildman–Crippen MR) is 167 cm³/mol. The first kappa shape index (κ1) is 31.9. The van der Waals surface area contributed by atoms with Crippen molar-refractivity contribution in [3.8, 4) is 11.5 Å². The molecule has 0 radical (unpaired) electrons. The molecule has 1 aliphatic carbocycles. The van der Waals surface area contributed by atoms with E-state index in [4.69, 9.17) is 9.47 Å². The van der Waals surface area contributed by atoms with Crippen molar-refractivity contribution in [2.75, 3.05) is 25.1 Å². The number of benzene rings is 3. The molecule has 1 atom stereocenters. The lowest BCUT2D eigenvalue weighted by Crippen LogP contribution is -2.52. The van der Waals surface area contributed by atoms with Crippen LogP contribution < -0.4 is 19.1 Å². The Kier molecular flexibility index (Phi) is 10.3. The molecular formula is C33H41N3O6S. The monoisotopic (exact) mass is 607 g/mol. The molecule has 2 amide bonds. The van der Waals surface area contributed by atoms with Crippen LogP contribution in [0.3, 0.4) is 0 Å². The van der Waals surface area contributed by atoms with Crippen LogP contribution in [-0.2, 0) is 26.2 Å². The minimum Gasteiger partial charge on any atom is -0.497 e. The topological polar surface area (TPSA) is 105 Å². The number of rotatable bonds is 12. The number of amides is 2. The Balaban J connectivity index is 1.74. The van der Waals surface area contributed by atoms with Gasteiger partial charge in [-0.25, -0.2) is 8.42 Å². The third-order valence-corrected chi connectivity index (χ3v) is 9.62. The highest BCUT2D eigenvalue weighted by Crippen LogP contribution is 2.34. The van der Waals surface area contributed by atoms with Gasteiger partial charge in [0.1, 0.15) is 24.1 Å². The van der Waals surface area contributed by atoms with Gasteiger partial charge < -0.3 is 19.7 Å². The number of carbonyl (C=O) groups is 2. The molecule has 1 saturated carbocycles. The zero-order valence-electron chi connectivity index (χ0n) is 25.5. The molecule has 0 aromatic heterocycles. The third kappa shape index (κ3) is 7.67. The van der Waals surface area contributed by atoms with E-state index in [0.717, 1.165) is 46.7 Å². The van der Waals surface area contributed by atoms with E-state index >= 15 is 0 Å². The summed E-state index contributed by atoms with van der Waals surface area (Å²) in [6, 6.07) is 18.1. The molecule has 0 saturated heterocycles. The van der Waals surface area contributed by atoms with Crippen molar-refractivity contribution in [3.63, 3.8) is 0 Å². The second-order valence-corrected chi connectivity index (χ2v) is 12.9. The molecule has 4 rings (SSSR count). The molecule has 0 heterocycles. The Morgan fingerprint density at radius 3 is 2.26 bits per heavy atom. The predicted octanol–water partition coefficient (Wildman–Crippen LogP) is 4.99. The molecule has 0 spiro atoms. The summed E-state index contributed by atoms with van der Waals surface area (Å²) < 4.78 is 40.3. The minimum atomic E-state index is -4.21. The van der Waals surface area contributed by atoms with Crippen LogP contribution >= 0.6 is 0 Å². The Morgan fingerprint density at radius 1 is 0.930 bits per heavy atom. The maximum Gasteiger partial charge on any atom is 0.264 e. The van der Waals surface area contributed by atoms with Crippen molar-refractivity contribution >= 4 is 27.5 Å². The Labute approximate surface area is 254 Å². The number of ether oxygens (including phenoxy) is 2. The van der Waals surface area contributed by atoms with E-state index in [1.165, 1.54) is 24.1 Å². The highest BCUT2D eigenvalue weighted by molar-refractivity contribution is 7.92. The van der Waals surface area contributed by atoms with Gasteiger partial charge in [0, 0.05) is 12.6 Å². The molecule has 9 nitrogen and oxygen atoms in total. The van der Waals surface area contributed by atoms with Crippen LogP contribution in [0.2, 0.25) is 0 Å². The Bertz CT molecular complexity index is 1530. The lowest BCUT2D eigenvalue weighted by atomic mass is 10.1. The highest BCUT2D eigenvalue weighted by Gasteiger charge is 2.34. The first-order valence-electron chi connectivity index (χ1n) is 14.5. The molecule has 1 aliphatic rings. The van der Waals surface area contributed by atoms with Crippen LogP contribution in [-0.4, -0.2) is 58.0 Å². The third-order valence-electron chi connectivity index (χ3n) is 7.85. The summed E-state index contributed by atoms with van der Waals surface area (Å²) in [4.78, 5) is 29.2. The van der Waals surface area contributed by atoms with Crippen molar-refractivity contribution in [1.29, 1.82) is 0 Å². The molecule has 1 N–H and O–H groups in total. The van der Waals surface area contributed by atoms with Gasteiger partial charge in [-0.1, -0.05) is 48.7 Å². The zero-order chi connectivity index (χ0) is 31.1. The van der Waals surface area contributed by atoms with Gasteiger partial charge >= 0.3 is 0 Å². The number of anilines is 1. The van der Waals surface area contributed by atoms with E-state index in [-0.39, 0.29) is 29.1 Å². The van der Waals surface area contributed by atoms with Gasteiger partial charge in [-0.05, 0) is 81.1 Å². The van der Waals surface area contributed by atoms with Crippen molar-refractivity contribution in [2.24, 2.45) is 0 Å². The van der Waals surface area contributed by atoms with Crippen molar-refractivity contribution in [2.45, 2.75) is 70.0 Å². The number of sulfonamides is 1. The smallest absolute Gasteiger partial charge is 0.264 e. The SMILES string of the molecule is COc1cccc(CN(C(=O)CN(c2cc(C)ccc2OC)S(=O)(=O)c2ccc(C)cc2)C(C)C(=O)NC2CCCC2)c1.